The first-order valence-electron chi connectivity index (χ1n) is 19.9. The molecule has 1 amide bonds. The van der Waals surface area contributed by atoms with Crippen LogP contribution in [-0.2, 0) is 53.1 Å². The minimum absolute atomic E-state index is 0.0186. The average Bonchev–Trinajstić information content (AvgIpc) is 4.04. The molecule has 0 spiro atoms. The summed E-state index contributed by atoms with van der Waals surface area (Å²) in [5.41, 5.74) is 6.88. The Morgan fingerprint density at radius 1 is 0.729 bits per heavy atom. The smallest absolute Gasteiger partial charge is 0.306 e. The Balaban J connectivity index is 0.000000147. The van der Waals surface area contributed by atoms with Gasteiger partial charge in [-0.1, -0.05) is 0 Å². The van der Waals surface area contributed by atoms with Crippen LogP contribution in [0.3, 0.4) is 0 Å². The molecule has 11 rings (SSSR count). The summed E-state index contributed by atoms with van der Waals surface area (Å²) in [6.45, 7) is 6.81. The maximum Gasteiger partial charge on any atom is 0.306 e. The minimum atomic E-state index is -0.721. The van der Waals surface area contributed by atoms with Gasteiger partial charge in [0.15, 0.2) is 0 Å². The molecule has 2 aliphatic carbocycles. The van der Waals surface area contributed by atoms with Crippen LogP contribution in [-0.4, -0.2) is 89.5 Å². The van der Waals surface area contributed by atoms with Crippen LogP contribution in [0.1, 0.15) is 69.8 Å². The van der Waals surface area contributed by atoms with E-state index in [9.17, 15) is 14.7 Å². The van der Waals surface area contributed by atoms with Crippen molar-refractivity contribution in [3.05, 3.63) is 80.3 Å². The largest absolute Gasteiger partial charge is 0.481 e. The Morgan fingerprint density at radius 2 is 1.24 bits per heavy atom. The number of nitrogens with one attached hydrogen (secondary N) is 2. The number of rotatable bonds is 6. The molecule has 6 aromatic rings. The number of carboxylic acid groups (broad SMARTS) is 1. The summed E-state index contributed by atoms with van der Waals surface area (Å²) >= 11 is 3.26. The van der Waals surface area contributed by atoms with E-state index in [1.165, 1.54) is 22.3 Å². The Labute approximate surface area is 347 Å². The van der Waals surface area contributed by atoms with Crippen LogP contribution < -0.4 is 10.6 Å². The van der Waals surface area contributed by atoms with Crippen LogP contribution in [0.2, 0.25) is 0 Å². The highest BCUT2D eigenvalue weighted by Crippen LogP contribution is 2.42. The molecular weight excluding hydrogens is 787 g/mol. The third-order valence-corrected chi connectivity index (χ3v) is 14.0. The molecule has 17 heteroatoms. The van der Waals surface area contributed by atoms with Gasteiger partial charge in [0.2, 0.25) is 5.91 Å². The second-order valence-electron chi connectivity index (χ2n) is 15.8. The lowest BCUT2D eigenvalue weighted by atomic mass is 9.86. The van der Waals surface area contributed by atoms with Crippen LogP contribution in [0, 0.1) is 11.8 Å². The highest BCUT2D eigenvalue weighted by Gasteiger charge is 2.35. The summed E-state index contributed by atoms with van der Waals surface area (Å²) in [5.74, 6) is 2.22. The number of carbonyl (C=O) groups excluding carboxylic acids is 1. The summed E-state index contributed by atoms with van der Waals surface area (Å²) in [6, 6.07) is 3.98. The third-order valence-electron chi connectivity index (χ3n) is 11.6. The van der Waals surface area contributed by atoms with E-state index >= 15 is 0 Å². The molecule has 0 radical (unpaired) electrons. The second-order valence-corrected chi connectivity index (χ2v) is 17.9. The number of carboxylic acids is 1. The first kappa shape index (κ1) is 37.5. The van der Waals surface area contributed by atoms with Gasteiger partial charge in [-0.2, -0.15) is 0 Å². The van der Waals surface area contributed by atoms with Crippen molar-refractivity contribution in [3.63, 3.8) is 0 Å². The Bertz CT molecular complexity index is 2700. The Hall–Kier alpha value is -5.78. The predicted molar refractivity (Wildman–Crippen MR) is 228 cm³/mol. The molecular formula is C42H41N11O4S2. The standard InChI is InChI=1S/C24H26N6O2S.C18H15N5O2S/c1-13-10-30(11-14(2)32-13)24(31)15-3-4-18-19(5-15)33-23-21(18)22(27-12-28-23)29-20-6-16-7-25-8-17(16)9-26-20;24-18(25)9-1-2-12-13(3-9)26-17-15(12)16(21-8-22-17)23-14-4-10-5-19-6-11(10)7-20-14/h6-7,9,12-15H,3-5,8,10-11H2,1-2H3,(H,26,27,28,29);4-5,7-9H,1-3,6H2,(H,24,25)(H,20,21,22,23)/t13-,14+,15-;9-/m00/s1. The highest BCUT2D eigenvalue weighted by atomic mass is 32.1. The van der Waals surface area contributed by atoms with Crippen LogP contribution >= 0.6 is 22.7 Å². The molecule has 6 aromatic heterocycles. The molecule has 1 saturated heterocycles. The van der Waals surface area contributed by atoms with E-state index in [0.29, 0.717) is 39.0 Å². The lowest BCUT2D eigenvalue weighted by Gasteiger charge is -2.37. The van der Waals surface area contributed by atoms with Gasteiger partial charge < -0.3 is 25.4 Å². The van der Waals surface area contributed by atoms with Gasteiger partial charge in [0, 0.05) is 75.8 Å². The number of hydrogen-bond donors (Lipinski definition) is 3. The highest BCUT2D eigenvalue weighted by molar-refractivity contribution is 7.19. The van der Waals surface area contributed by atoms with Gasteiger partial charge in [0.25, 0.3) is 0 Å². The van der Waals surface area contributed by atoms with Crippen LogP contribution in [0.5, 0.6) is 0 Å². The van der Waals surface area contributed by atoms with Gasteiger partial charge >= 0.3 is 5.97 Å². The van der Waals surface area contributed by atoms with Gasteiger partial charge in [-0.05, 0) is 75.6 Å². The van der Waals surface area contributed by atoms with Crippen molar-refractivity contribution in [1.82, 2.24) is 34.8 Å². The molecule has 0 unspecified atom stereocenters. The maximum absolute atomic E-state index is 13.3. The minimum Gasteiger partial charge on any atom is -0.481 e. The van der Waals surface area contributed by atoms with E-state index in [-0.39, 0.29) is 30.0 Å². The van der Waals surface area contributed by atoms with E-state index < -0.39 is 5.97 Å². The molecule has 0 aromatic carbocycles. The predicted octanol–water partition coefficient (Wildman–Crippen LogP) is 6.46. The zero-order valence-electron chi connectivity index (χ0n) is 32.5. The number of aliphatic carboxylic acids is 1. The van der Waals surface area contributed by atoms with E-state index in [0.717, 1.165) is 96.5 Å². The van der Waals surface area contributed by atoms with Crippen molar-refractivity contribution in [3.8, 4) is 0 Å². The molecule has 59 heavy (non-hydrogen) atoms. The molecule has 9 heterocycles. The fraction of sp³-hybridized carbons (Fsp3) is 0.381. The van der Waals surface area contributed by atoms with Gasteiger partial charge in [-0.3, -0.25) is 19.6 Å². The van der Waals surface area contributed by atoms with Crippen molar-refractivity contribution in [2.75, 3.05) is 23.7 Å². The van der Waals surface area contributed by atoms with Crippen molar-refractivity contribution in [2.45, 2.75) is 77.7 Å². The number of ether oxygens (including phenoxy) is 1. The lowest BCUT2D eigenvalue weighted by Crippen LogP contribution is -2.50. The van der Waals surface area contributed by atoms with Gasteiger partial charge in [0.05, 0.1) is 42.0 Å². The van der Waals surface area contributed by atoms with Gasteiger partial charge in [-0.15, -0.1) is 22.7 Å². The summed E-state index contributed by atoms with van der Waals surface area (Å²) in [5, 5.41) is 18.1. The number of nitrogens with zero attached hydrogens (tertiary/aromatic N) is 9. The van der Waals surface area contributed by atoms with E-state index in [4.69, 9.17) is 4.74 Å². The number of aromatic nitrogens is 6. The molecule has 0 bridgehead atoms. The Morgan fingerprint density at radius 3 is 1.76 bits per heavy atom. The summed E-state index contributed by atoms with van der Waals surface area (Å²) in [4.78, 5) is 66.3. The molecule has 1 fully saturated rings. The van der Waals surface area contributed by atoms with E-state index in [1.54, 1.807) is 29.0 Å². The molecule has 0 saturated carbocycles. The number of anilines is 4. The topological polar surface area (TPSA) is 193 Å². The number of amides is 1. The summed E-state index contributed by atoms with van der Waals surface area (Å²) in [6.07, 6.45) is 15.2. The number of carbonyl (C=O) groups is 2. The van der Waals surface area contributed by atoms with Gasteiger partial charge in [0.1, 0.15) is 45.6 Å². The normalized spacial score (nSPS) is 21.4. The second kappa shape index (κ2) is 15.4. The van der Waals surface area contributed by atoms with Crippen molar-refractivity contribution >= 4 is 90.7 Å². The Kier molecular flexibility index (Phi) is 9.81. The van der Waals surface area contributed by atoms with Gasteiger partial charge in [-0.25, -0.2) is 29.9 Å². The zero-order chi connectivity index (χ0) is 40.2. The number of morpholine rings is 1. The van der Waals surface area contributed by atoms with Crippen LogP contribution in [0.25, 0.3) is 20.4 Å². The SMILES string of the molecule is C[C@@H]1CN(C(=O)[C@H]2CCc3c(sc4ncnc(Nc5cc6c(cn5)CN=C6)c34)C2)C[C@H](C)O1.O=C(O)[C@H]1CCc2c(sc3ncnc(Nc4cc5c(cn4)CN=C5)c23)C1. The number of aliphatic imine (C=N–C) groups is 2. The lowest BCUT2D eigenvalue weighted by molar-refractivity contribution is -0.147. The van der Waals surface area contributed by atoms with Crippen LogP contribution in [0.4, 0.5) is 23.3 Å². The number of fused-ring (bicyclic) bond motifs is 8. The fourth-order valence-corrected chi connectivity index (χ4v) is 11.3. The molecule has 300 valence electrons. The molecule has 4 atom stereocenters. The first-order chi connectivity index (χ1) is 28.7. The summed E-state index contributed by atoms with van der Waals surface area (Å²) < 4.78 is 5.81. The molecule has 3 aliphatic heterocycles. The van der Waals surface area contributed by atoms with Crippen molar-refractivity contribution in [1.29, 1.82) is 0 Å². The van der Waals surface area contributed by atoms with Crippen molar-refractivity contribution in [2.24, 2.45) is 21.8 Å². The van der Waals surface area contributed by atoms with E-state index in [1.807, 2.05) is 55.7 Å². The fourth-order valence-electron chi connectivity index (χ4n) is 8.81. The third kappa shape index (κ3) is 7.31. The quantitative estimate of drug-likeness (QED) is 0.166. The van der Waals surface area contributed by atoms with E-state index in [2.05, 4.69) is 50.5 Å². The average molecular weight is 828 g/mol. The summed E-state index contributed by atoms with van der Waals surface area (Å²) in [7, 11) is 0. The molecule has 15 nitrogen and oxygen atoms in total. The first-order valence-corrected chi connectivity index (χ1v) is 21.6. The molecule has 5 aliphatic rings. The maximum atomic E-state index is 13.3. The molecule has 3 N–H and O–H groups in total. The number of hydrogen-bond acceptors (Lipinski definition) is 15. The number of pyridine rings is 2. The zero-order valence-corrected chi connectivity index (χ0v) is 34.1. The number of aryl methyl sites for hydroxylation is 2. The monoisotopic (exact) mass is 827 g/mol. The number of thiophene rings is 2. The van der Waals surface area contributed by atoms with Crippen LogP contribution in [0.15, 0.2) is 47.2 Å². The van der Waals surface area contributed by atoms with Crippen molar-refractivity contribution < 1.29 is 19.4 Å².